The van der Waals surface area contributed by atoms with E-state index in [0.717, 1.165) is 26.4 Å². The van der Waals surface area contributed by atoms with Gasteiger partial charge in [-0.2, -0.15) is 0 Å². The topological polar surface area (TPSA) is 18.5 Å². The summed E-state index contributed by atoms with van der Waals surface area (Å²) < 4.78 is 10.7. The molecule has 0 spiro atoms. The van der Waals surface area contributed by atoms with E-state index in [1.807, 2.05) is 0 Å². The fourth-order valence-electron chi connectivity index (χ4n) is 2.87. The third kappa shape index (κ3) is 21.7. The van der Waals surface area contributed by atoms with Crippen LogP contribution in [0.15, 0.2) is 12.2 Å². The number of allylic oxidation sites excluding steroid dienone is 2. The Balaban J connectivity index is 3.04. The maximum absolute atomic E-state index is 5.35. The SMILES string of the molecule is CCOCCCCCCCC/C=C/CCCCCCCCOCC. The van der Waals surface area contributed by atoms with Crippen LogP contribution in [0, 0.1) is 0 Å². The largest absolute Gasteiger partial charge is 0.382 e. The van der Waals surface area contributed by atoms with Gasteiger partial charge in [0.15, 0.2) is 0 Å². The zero-order valence-electron chi connectivity index (χ0n) is 16.7. The lowest BCUT2D eigenvalue weighted by Gasteiger charge is -2.02. The molecule has 0 aromatic heterocycles. The second-order valence-electron chi connectivity index (χ2n) is 6.69. The Hall–Kier alpha value is -0.340. The molecule has 0 unspecified atom stereocenters. The Labute approximate surface area is 152 Å². The van der Waals surface area contributed by atoms with E-state index in [4.69, 9.17) is 9.47 Å². The van der Waals surface area contributed by atoms with Gasteiger partial charge in [-0.3, -0.25) is 0 Å². The van der Waals surface area contributed by atoms with Crippen LogP contribution < -0.4 is 0 Å². The van der Waals surface area contributed by atoms with Crippen LogP contribution in [-0.2, 0) is 9.47 Å². The molecule has 144 valence electrons. The number of rotatable bonds is 20. The second kappa shape index (κ2) is 22.7. The maximum Gasteiger partial charge on any atom is 0.0465 e. The summed E-state index contributed by atoms with van der Waals surface area (Å²) in [7, 11) is 0. The summed E-state index contributed by atoms with van der Waals surface area (Å²) in [6.07, 6.45) is 23.5. The lowest BCUT2D eigenvalue weighted by atomic mass is 10.1. The van der Waals surface area contributed by atoms with Crippen molar-refractivity contribution in [2.24, 2.45) is 0 Å². The summed E-state index contributed by atoms with van der Waals surface area (Å²) in [5, 5.41) is 0. The van der Waals surface area contributed by atoms with Crippen molar-refractivity contribution in [1.29, 1.82) is 0 Å². The Morgan fingerprint density at radius 2 is 0.792 bits per heavy atom. The van der Waals surface area contributed by atoms with Crippen molar-refractivity contribution in [2.75, 3.05) is 26.4 Å². The van der Waals surface area contributed by atoms with E-state index in [-0.39, 0.29) is 0 Å². The molecular weight excluding hydrogens is 296 g/mol. The van der Waals surface area contributed by atoms with Gasteiger partial charge in [0.05, 0.1) is 0 Å². The highest BCUT2D eigenvalue weighted by molar-refractivity contribution is 4.81. The molecule has 0 bridgehead atoms. The highest BCUT2D eigenvalue weighted by Gasteiger charge is 1.92. The molecule has 0 rings (SSSR count). The van der Waals surface area contributed by atoms with E-state index >= 15 is 0 Å². The summed E-state index contributed by atoms with van der Waals surface area (Å²) in [5.41, 5.74) is 0. The first kappa shape index (κ1) is 23.7. The predicted octanol–water partition coefficient (Wildman–Crippen LogP) is 7.08. The van der Waals surface area contributed by atoms with Gasteiger partial charge in [0.1, 0.15) is 0 Å². The van der Waals surface area contributed by atoms with E-state index in [9.17, 15) is 0 Å². The van der Waals surface area contributed by atoms with E-state index in [2.05, 4.69) is 26.0 Å². The molecule has 2 nitrogen and oxygen atoms in total. The van der Waals surface area contributed by atoms with Gasteiger partial charge in [-0.1, -0.05) is 63.5 Å². The van der Waals surface area contributed by atoms with Crippen LogP contribution in [-0.4, -0.2) is 26.4 Å². The minimum atomic E-state index is 0.862. The molecule has 0 N–H and O–H groups in total. The average molecular weight is 341 g/mol. The van der Waals surface area contributed by atoms with Crippen LogP contribution in [0.1, 0.15) is 104 Å². The smallest absolute Gasteiger partial charge is 0.0465 e. The van der Waals surface area contributed by atoms with Crippen molar-refractivity contribution < 1.29 is 9.47 Å². The molecule has 0 aliphatic carbocycles. The minimum Gasteiger partial charge on any atom is -0.382 e. The quantitative estimate of drug-likeness (QED) is 0.174. The standard InChI is InChI=1S/C22H44O2/c1-3-23-21-19-17-15-13-11-9-7-5-6-8-10-12-14-16-18-20-22-24-4-2/h5-6H,3-4,7-22H2,1-2H3/b6-5+. The van der Waals surface area contributed by atoms with Crippen LogP contribution >= 0.6 is 0 Å². The van der Waals surface area contributed by atoms with Crippen LogP contribution in [0.5, 0.6) is 0 Å². The summed E-state index contributed by atoms with van der Waals surface area (Å²) in [4.78, 5) is 0. The molecule has 0 aliphatic rings. The third-order valence-corrected chi connectivity index (χ3v) is 4.39. The molecule has 24 heavy (non-hydrogen) atoms. The number of ether oxygens (including phenoxy) is 2. The summed E-state index contributed by atoms with van der Waals surface area (Å²) in [6.45, 7) is 7.76. The van der Waals surface area contributed by atoms with Crippen molar-refractivity contribution in [3.8, 4) is 0 Å². The maximum atomic E-state index is 5.35. The molecule has 0 fully saturated rings. The number of hydrogen-bond acceptors (Lipinski definition) is 2. The average Bonchev–Trinajstić information content (AvgIpc) is 2.60. The van der Waals surface area contributed by atoms with Crippen LogP contribution in [0.3, 0.4) is 0 Å². The first-order valence-electron chi connectivity index (χ1n) is 10.7. The summed E-state index contributed by atoms with van der Waals surface area (Å²) >= 11 is 0. The van der Waals surface area contributed by atoms with Gasteiger partial charge >= 0.3 is 0 Å². The molecule has 0 saturated heterocycles. The fraction of sp³-hybridized carbons (Fsp3) is 0.909. The Morgan fingerprint density at radius 3 is 1.17 bits per heavy atom. The zero-order chi connectivity index (χ0) is 17.6. The van der Waals surface area contributed by atoms with Gasteiger partial charge in [0.25, 0.3) is 0 Å². The lowest BCUT2D eigenvalue weighted by molar-refractivity contribution is 0.142. The van der Waals surface area contributed by atoms with Crippen molar-refractivity contribution >= 4 is 0 Å². The monoisotopic (exact) mass is 340 g/mol. The first-order valence-corrected chi connectivity index (χ1v) is 10.7. The Bertz CT molecular complexity index is 214. The van der Waals surface area contributed by atoms with Crippen molar-refractivity contribution in [3.05, 3.63) is 12.2 Å². The number of unbranched alkanes of at least 4 members (excludes halogenated alkanes) is 12. The molecule has 0 amide bonds. The van der Waals surface area contributed by atoms with Crippen LogP contribution in [0.4, 0.5) is 0 Å². The van der Waals surface area contributed by atoms with Crippen LogP contribution in [0.25, 0.3) is 0 Å². The molecular formula is C22H44O2. The van der Waals surface area contributed by atoms with Gasteiger partial charge in [-0.15, -0.1) is 0 Å². The van der Waals surface area contributed by atoms with Gasteiger partial charge in [-0.25, -0.2) is 0 Å². The molecule has 0 aromatic carbocycles. The van der Waals surface area contributed by atoms with E-state index in [1.54, 1.807) is 0 Å². The fourth-order valence-corrected chi connectivity index (χ4v) is 2.87. The third-order valence-electron chi connectivity index (χ3n) is 4.39. The molecule has 0 aliphatic heterocycles. The first-order chi connectivity index (χ1) is 11.9. The number of hydrogen-bond donors (Lipinski definition) is 0. The lowest BCUT2D eigenvalue weighted by Crippen LogP contribution is -1.92. The van der Waals surface area contributed by atoms with Gasteiger partial charge in [0, 0.05) is 26.4 Å². The summed E-state index contributed by atoms with van der Waals surface area (Å²) in [6, 6.07) is 0. The second-order valence-corrected chi connectivity index (χ2v) is 6.69. The Morgan fingerprint density at radius 1 is 0.458 bits per heavy atom. The zero-order valence-corrected chi connectivity index (χ0v) is 16.7. The summed E-state index contributed by atoms with van der Waals surface area (Å²) in [5.74, 6) is 0. The normalized spacial score (nSPS) is 11.6. The van der Waals surface area contributed by atoms with Crippen molar-refractivity contribution in [1.82, 2.24) is 0 Å². The Kier molecular flexibility index (Phi) is 22.3. The molecule has 2 heteroatoms. The van der Waals surface area contributed by atoms with Gasteiger partial charge in [-0.05, 0) is 52.4 Å². The van der Waals surface area contributed by atoms with E-state index in [0.29, 0.717) is 0 Å². The molecule has 0 radical (unpaired) electrons. The van der Waals surface area contributed by atoms with Crippen molar-refractivity contribution in [3.63, 3.8) is 0 Å². The van der Waals surface area contributed by atoms with E-state index in [1.165, 1.54) is 89.9 Å². The van der Waals surface area contributed by atoms with E-state index < -0.39 is 0 Å². The van der Waals surface area contributed by atoms with Gasteiger partial charge < -0.3 is 9.47 Å². The molecule has 0 saturated carbocycles. The van der Waals surface area contributed by atoms with Gasteiger partial charge in [0.2, 0.25) is 0 Å². The van der Waals surface area contributed by atoms with Crippen molar-refractivity contribution in [2.45, 2.75) is 104 Å². The molecule has 0 heterocycles. The molecule has 0 aromatic rings. The highest BCUT2D eigenvalue weighted by Crippen LogP contribution is 2.10. The molecule has 0 atom stereocenters. The highest BCUT2D eigenvalue weighted by atomic mass is 16.5. The van der Waals surface area contributed by atoms with Crippen LogP contribution in [0.2, 0.25) is 0 Å². The minimum absolute atomic E-state index is 0.862. The predicted molar refractivity (Wildman–Crippen MR) is 107 cm³/mol.